The van der Waals surface area contributed by atoms with Crippen LogP contribution < -0.4 is 20.7 Å². The van der Waals surface area contributed by atoms with E-state index in [2.05, 4.69) is 10.1 Å². The number of nitrogens with one attached hydrogen (secondary N) is 1. The van der Waals surface area contributed by atoms with Crippen LogP contribution in [0, 0.1) is 5.41 Å². The molecule has 1 aromatic carbocycles. The van der Waals surface area contributed by atoms with Crippen molar-refractivity contribution in [3.63, 3.8) is 0 Å². The molecule has 1 saturated heterocycles. The Bertz CT molecular complexity index is 820. The van der Waals surface area contributed by atoms with Crippen molar-refractivity contribution in [1.82, 2.24) is 4.90 Å². The van der Waals surface area contributed by atoms with Gasteiger partial charge in [0.1, 0.15) is 12.6 Å². The van der Waals surface area contributed by atoms with Gasteiger partial charge in [0, 0.05) is 31.4 Å². The van der Waals surface area contributed by atoms with Gasteiger partial charge in [0.25, 0.3) is 12.3 Å². The van der Waals surface area contributed by atoms with E-state index in [9.17, 15) is 27.2 Å². The van der Waals surface area contributed by atoms with Gasteiger partial charge in [-0.3, -0.25) is 14.5 Å². The second kappa shape index (κ2) is 11.6. The van der Waals surface area contributed by atoms with Gasteiger partial charge in [-0.15, -0.1) is 0 Å². The van der Waals surface area contributed by atoms with Crippen molar-refractivity contribution in [2.24, 2.45) is 11.1 Å². The van der Waals surface area contributed by atoms with E-state index in [0.717, 1.165) is 0 Å². The molecule has 2 amide bonds. The van der Waals surface area contributed by atoms with Crippen LogP contribution in [-0.2, 0) is 14.3 Å². The van der Waals surface area contributed by atoms with Gasteiger partial charge in [-0.05, 0) is 17.5 Å². The van der Waals surface area contributed by atoms with Crippen LogP contribution in [0.15, 0.2) is 18.2 Å². The average molecular weight is 478 g/mol. The Morgan fingerprint density at radius 2 is 2.00 bits per heavy atom. The lowest BCUT2D eigenvalue weighted by Crippen LogP contribution is -2.52. The number of halogens is 4. The van der Waals surface area contributed by atoms with Crippen LogP contribution in [0.1, 0.15) is 20.8 Å². The molecule has 0 spiro atoms. The molecule has 1 aliphatic rings. The monoisotopic (exact) mass is 478 g/mol. The van der Waals surface area contributed by atoms with E-state index in [1.807, 2.05) is 20.8 Å². The molecule has 0 saturated carbocycles. The second-order valence-corrected chi connectivity index (χ2v) is 8.78. The van der Waals surface area contributed by atoms with Crippen molar-refractivity contribution >= 4 is 23.2 Å². The van der Waals surface area contributed by atoms with E-state index in [1.165, 1.54) is 28.0 Å². The Balaban J connectivity index is 2.29. The molecule has 0 aromatic heterocycles. The zero-order valence-corrected chi connectivity index (χ0v) is 18.8. The zero-order valence-electron chi connectivity index (χ0n) is 18.8. The molecule has 3 N–H and O–H groups in total. The van der Waals surface area contributed by atoms with E-state index in [4.69, 9.17) is 10.5 Å². The third-order valence-electron chi connectivity index (χ3n) is 4.75. The van der Waals surface area contributed by atoms with Crippen molar-refractivity contribution < 1.29 is 36.6 Å². The van der Waals surface area contributed by atoms with E-state index < -0.39 is 36.9 Å². The first-order valence-corrected chi connectivity index (χ1v) is 10.4. The standard InChI is InChI=1S/C21H30F4N4O4/c1-21(2,3)12-28(10-17(22)23)15(9-26)19(31)27-14-5-4-13(8-16(14)33-20(24)25)29-6-7-32-11-18(29)30/h4-5,8,15,17,20H,6-7,9-12,26H2,1-3H3,(H,27,31)/t15-/m1/s1. The fraction of sp³-hybridized carbons (Fsp3) is 0.619. The highest BCUT2D eigenvalue weighted by atomic mass is 19.3. The number of anilines is 2. The Morgan fingerprint density at radius 3 is 2.55 bits per heavy atom. The van der Waals surface area contributed by atoms with Gasteiger partial charge in [-0.2, -0.15) is 8.78 Å². The van der Waals surface area contributed by atoms with E-state index >= 15 is 0 Å². The number of hydrogen-bond donors (Lipinski definition) is 2. The van der Waals surface area contributed by atoms with Crippen molar-refractivity contribution in [3.8, 4) is 5.75 Å². The maximum atomic E-state index is 13.1. The summed E-state index contributed by atoms with van der Waals surface area (Å²) in [6.07, 6.45) is -2.70. The number of nitrogens with two attached hydrogens (primary N) is 1. The third-order valence-corrected chi connectivity index (χ3v) is 4.75. The molecule has 1 aromatic rings. The summed E-state index contributed by atoms with van der Waals surface area (Å²) in [5.74, 6) is -1.46. The van der Waals surface area contributed by atoms with Crippen LogP contribution in [0.25, 0.3) is 0 Å². The average Bonchev–Trinajstić information content (AvgIpc) is 2.68. The molecule has 1 aliphatic heterocycles. The van der Waals surface area contributed by atoms with Crippen LogP contribution in [0.2, 0.25) is 0 Å². The van der Waals surface area contributed by atoms with Crippen molar-refractivity contribution in [2.75, 3.05) is 49.6 Å². The molecule has 1 heterocycles. The van der Waals surface area contributed by atoms with Gasteiger partial charge in [0.15, 0.2) is 5.75 Å². The summed E-state index contributed by atoms with van der Waals surface area (Å²) in [5, 5.41) is 2.46. The van der Waals surface area contributed by atoms with Crippen molar-refractivity contribution in [2.45, 2.75) is 39.9 Å². The molecule has 186 valence electrons. The fourth-order valence-corrected chi connectivity index (χ4v) is 3.49. The fourth-order valence-electron chi connectivity index (χ4n) is 3.49. The topological polar surface area (TPSA) is 97.1 Å². The van der Waals surface area contributed by atoms with E-state index in [0.29, 0.717) is 5.69 Å². The number of hydrogen-bond acceptors (Lipinski definition) is 6. The van der Waals surface area contributed by atoms with Crippen LogP contribution in [0.3, 0.4) is 0 Å². The first-order chi connectivity index (χ1) is 15.4. The summed E-state index contributed by atoms with van der Waals surface area (Å²) in [4.78, 5) is 27.6. The normalized spacial score (nSPS) is 16.0. The minimum atomic E-state index is -3.20. The number of benzene rings is 1. The molecule has 0 radical (unpaired) electrons. The minimum absolute atomic E-state index is 0.101. The number of ether oxygens (including phenoxy) is 2. The molecule has 8 nitrogen and oxygen atoms in total. The van der Waals surface area contributed by atoms with E-state index in [1.54, 1.807) is 0 Å². The Morgan fingerprint density at radius 1 is 1.30 bits per heavy atom. The smallest absolute Gasteiger partial charge is 0.387 e. The number of rotatable bonds is 10. The predicted molar refractivity (Wildman–Crippen MR) is 115 cm³/mol. The number of amides is 2. The molecule has 33 heavy (non-hydrogen) atoms. The highest BCUT2D eigenvalue weighted by Gasteiger charge is 2.31. The van der Waals surface area contributed by atoms with Gasteiger partial charge >= 0.3 is 6.61 Å². The molecular formula is C21H30F4N4O4. The number of carbonyl (C=O) groups excluding carboxylic acids is 2. The molecule has 0 aliphatic carbocycles. The van der Waals surface area contributed by atoms with Crippen LogP contribution in [0.5, 0.6) is 5.75 Å². The first kappa shape index (κ1) is 26.8. The van der Waals surface area contributed by atoms with Gasteiger partial charge in [-0.1, -0.05) is 20.8 Å². The number of nitrogens with zero attached hydrogens (tertiary/aromatic N) is 2. The molecular weight excluding hydrogens is 448 g/mol. The summed E-state index contributed by atoms with van der Waals surface area (Å²) in [6, 6.07) is 2.84. The lowest BCUT2D eigenvalue weighted by molar-refractivity contribution is -0.125. The van der Waals surface area contributed by atoms with E-state index in [-0.39, 0.29) is 50.2 Å². The third kappa shape index (κ3) is 8.13. The highest BCUT2D eigenvalue weighted by molar-refractivity contribution is 5.98. The summed E-state index contributed by atoms with van der Waals surface area (Å²) in [7, 11) is 0. The lowest BCUT2D eigenvalue weighted by Gasteiger charge is -2.35. The van der Waals surface area contributed by atoms with Gasteiger partial charge < -0.3 is 25.4 Å². The lowest BCUT2D eigenvalue weighted by atomic mass is 9.95. The Kier molecular flexibility index (Phi) is 9.44. The highest BCUT2D eigenvalue weighted by Crippen LogP contribution is 2.32. The molecule has 12 heteroatoms. The predicted octanol–water partition coefficient (Wildman–Crippen LogP) is 2.53. The zero-order chi connectivity index (χ0) is 24.8. The largest absolute Gasteiger partial charge is 0.433 e. The Labute approximate surface area is 190 Å². The summed E-state index contributed by atoms with van der Waals surface area (Å²) >= 11 is 0. The summed E-state index contributed by atoms with van der Waals surface area (Å²) in [6.45, 7) is 1.87. The van der Waals surface area contributed by atoms with Crippen molar-refractivity contribution in [3.05, 3.63) is 18.2 Å². The number of morpholine rings is 1. The maximum absolute atomic E-state index is 13.1. The number of alkyl halides is 4. The SMILES string of the molecule is CC(C)(C)CN(CC(F)F)[C@H](CN)C(=O)Nc1ccc(N2CCOCC2=O)cc1OC(F)F. The molecule has 1 atom stereocenters. The first-order valence-electron chi connectivity index (χ1n) is 10.4. The van der Waals surface area contributed by atoms with Crippen LogP contribution >= 0.6 is 0 Å². The minimum Gasteiger partial charge on any atom is -0.433 e. The molecule has 0 bridgehead atoms. The summed E-state index contributed by atoms with van der Waals surface area (Å²) < 4.78 is 62.0. The maximum Gasteiger partial charge on any atom is 0.387 e. The Hall–Kier alpha value is -2.44. The van der Waals surface area contributed by atoms with Gasteiger partial charge in [-0.25, -0.2) is 8.78 Å². The molecule has 0 unspecified atom stereocenters. The number of carbonyl (C=O) groups is 2. The quantitative estimate of drug-likeness (QED) is 0.502. The van der Waals surface area contributed by atoms with Gasteiger partial charge in [0.2, 0.25) is 5.91 Å². The van der Waals surface area contributed by atoms with Gasteiger partial charge in [0.05, 0.1) is 18.8 Å². The van der Waals surface area contributed by atoms with Crippen molar-refractivity contribution in [1.29, 1.82) is 0 Å². The molecule has 2 rings (SSSR count). The summed E-state index contributed by atoms with van der Waals surface area (Å²) in [5.41, 5.74) is 5.51. The second-order valence-electron chi connectivity index (χ2n) is 8.78. The van der Waals surface area contributed by atoms with Crippen LogP contribution in [0.4, 0.5) is 28.9 Å². The van der Waals surface area contributed by atoms with Crippen LogP contribution in [-0.4, -0.2) is 75.2 Å². The molecule has 1 fully saturated rings.